The molecule has 0 atom stereocenters. The molecule has 1 aromatic carbocycles. The summed E-state index contributed by atoms with van der Waals surface area (Å²) in [5.74, 6) is 0. The summed E-state index contributed by atoms with van der Waals surface area (Å²) in [6.07, 6.45) is 0.927. The molecular formula is C10H10ClNS. The molecule has 0 amide bonds. The number of benzene rings is 1. The lowest BCUT2D eigenvalue weighted by atomic mass is 10.1. The van der Waals surface area contributed by atoms with E-state index in [1.165, 1.54) is 0 Å². The van der Waals surface area contributed by atoms with Crippen LogP contribution in [0.4, 0.5) is 5.69 Å². The summed E-state index contributed by atoms with van der Waals surface area (Å²) in [5, 5.41) is 3.96. The van der Waals surface area contributed by atoms with Gasteiger partial charge in [0, 0.05) is 11.1 Å². The molecule has 2 aromatic rings. The van der Waals surface area contributed by atoms with E-state index in [9.17, 15) is 0 Å². The van der Waals surface area contributed by atoms with E-state index in [4.69, 9.17) is 17.3 Å². The first-order valence-corrected chi connectivity index (χ1v) is 5.44. The Labute approximate surface area is 86.1 Å². The molecule has 0 aliphatic rings. The highest BCUT2D eigenvalue weighted by Crippen LogP contribution is 2.35. The summed E-state index contributed by atoms with van der Waals surface area (Å²) >= 11 is 7.86. The Morgan fingerprint density at radius 2 is 2.31 bits per heavy atom. The van der Waals surface area contributed by atoms with E-state index in [0.29, 0.717) is 0 Å². The van der Waals surface area contributed by atoms with Crippen LogP contribution in [0.15, 0.2) is 17.5 Å². The molecule has 0 aliphatic heterocycles. The van der Waals surface area contributed by atoms with Crippen LogP contribution in [-0.4, -0.2) is 0 Å². The molecule has 0 radical (unpaired) electrons. The molecule has 1 aromatic heterocycles. The molecule has 0 saturated heterocycles. The Hall–Kier alpha value is -0.730. The summed E-state index contributed by atoms with van der Waals surface area (Å²) in [5.41, 5.74) is 7.86. The predicted octanol–water partition coefficient (Wildman–Crippen LogP) is 3.70. The smallest absolute Gasteiger partial charge is 0.0617 e. The van der Waals surface area contributed by atoms with Crippen LogP contribution in [0.5, 0.6) is 0 Å². The van der Waals surface area contributed by atoms with Gasteiger partial charge in [-0.3, -0.25) is 0 Å². The van der Waals surface area contributed by atoms with Gasteiger partial charge in [-0.05, 0) is 29.5 Å². The Kier molecular flexibility index (Phi) is 2.18. The Balaban J connectivity index is 2.85. The molecule has 0 aliphatic carbocycles. The molecular weight excluding hydrogens is 202 g/mol. The molecule has 0 bridgehead atoms. The van der Waals surface area contributed by atoms with Crippen molar-refractivity contribution in [1.82, 2.24) is 0 Å². The molecule has 2 N–H and O–H groups in total. The van der Waals surface area contributed by atoms with Gasteiger partial charge in [0.2, 0.25) is 0 Å². The highest BCUT2D eigenvalue weighted by molar-refractivity contribution is 7.18. The van der Waals surface area contributed by atoms with E-state index in [2.05, 4.69) is 6.92 Å². The van der Waals surface area contributed by atoms with Gasteiger partial charge in [-0.2, -0.15) is 0 Å². The zero-order valence-electron chi connectivity index (χ0n) is 7.30. The Bertz CT molecular complexity index is 447. The highest BCUT2D eigenvalue weighted by Gasteiger charge is 2.08. The summed E-state index contributed by atoms with van der Waals surface area (Å²) in [7, 11) is 0. The number of nitrogens with two attached hydrogens (primary N) is 1. The fourth-order valence-corrected chi connectivity index (χ4v) is 2.75. The van der Waals surface area contributed by atoms with Crippen molar-refractivity contribution in [2.45, 2.75) is 13.3 Å². The molecule has 1 heterocycles. The van der Waals surface area contributed by atoms with Crippen molar-refractivity contribution in [1.29, 1.82) is 0 Å². The molecule has 0 spiro atoms. The molecule has 3 heteroatoms. The fourth-order valence-electron chi connectivity index (χ4n) is 1.44. The largest absolute Gasteiger partial charge is 0.398 e. The second-order valence-corrected chi connectivity index (χ2v) is 4.25. The van der Waals surface area contributed by atoms with Crippen molar-refractivity contribution in [2.75, 3.05) is 5.73 Å². The van der Waals surface area contributed by atoms with Gasteiger partial charge < -0.3 is 5.73 Å². The maximum atomic E-state index is 6.21. The van der Waals surface area contributed by atoms with Crippen LogP contribution in [0, 0.1) is 0 Å². The van der Waals surface area contributed by atoms with Crippen LogP contribution in [0.25, 0.3) is 10.1 Å². The summed E-state index contributed by atoms with van der Waals surface area (Å²) in [6.45, 7) is 2.08. The minimum atomic E-state index is 0.831. The fraction of sp³-hybridized carbons (Fsp3) is 0.200. The number of anilines is 1. The third kappa shape index (κ3) is 1.30. The van der Waals surface area contributed by atoms with Gasteiger partial charge in [0.15, 0.2) is 0 Å². The average molecular weight is 212 g/mol. The summed E-state index contributed by atoms with van der Waals surface area (Å²) in [6, 6.07) is 3.98. The van der Waals surface area contributed by atoms with Crippen molar-refractivity contribution < 1.29 is 0 Å². The predicted molar refractivity (Wildman–Crippen MR) is 60.6 cm³/mol. The lowest BCUT2D eigenvalue weighted by Crippen LogP contribution is -1.89. The van der Waals surface area contributed by atoms with Crippen molar-refractivity contribution in [3.63, 3.8) is 0 Å². The first kappa shape index (κ1) is 8.85. The van der Waals surface area contributed by atoms with Crippen LogP contribution in [0.2, 0.25) is 5.02 Å². The maximum absolute atomic E-state index is 6.21. The van der Waals surface area contributed by atoms with E-state index < -0.39 is 0 Å². The lowest BCUT2D eigenvalue weighted by molar-refractivity contribution is 1.15. The number of hydrogen-bond donors (Lipinski definition) is 1. The van der Waals surface area contributed by atoms with Gasteiger partial charge in [0.1, 0.15) is 0 Å². The minimum Gasteiger partial charge on any atom is -0.398 e. The van der Waals surface area contributed by atoms with Crippen molar-refractivity contribution in [3.05, 3.63) is 28.1 Å². The number of hydrogen-bond acceptors (Lipinski definition) is 2. The lowest BCUT2D eigenvalue weighted by Gasteiger charge is -2.04. The number of aryl methyl sites for hydroxylation is 1. The van der Waals surface area contributed by atoms with E-state index in [1.54, 1.807) is 11.3 Å². The molecule has 68 valence electrons. The number of thiophene rings is 1. The minimum absolute atomic E-state index is 0.831. The van der Waals surface area contributed by atoms with Gasteiger partial charge >= 0.3 is 0 Å². The third-order valence-corrected chi connectivity index (χ3v) is 3.64. The normalized spacial score (nSPS) is 10.9. The zero-order valence-corrected chi connectivity index (χ0v) is 8.88. The summed E-state index contributed by atoms with van der Waals surface area (Å²) in [4.78, 5) is 0. The van der Waals surface area contributed by atoms with E-state index in [1.807, 2.05) is 17.5 Å². The SMILES string of the molecule is CCc1cc(N)c2ccsc2c1Cl. The molecule has 0 saturated carbocycles. The highest BCUT2D eigenvalue weighted by atomic mass is 35.5. The Morgan fingerprint density at radius 1 is 1.54 bits per heavy atom. The molecule has 0 unspecified atom stereocenters. The van der Waals surface area contributed by atoms with Crippen LogP contribution in [0.1, 0.15) is 12.5 Å². The first-order chi connectivity index (χ1) is 6.24. The standard InChI is InChI=1S/C10H10ClNS/c1-2-6-5-8(12)7-3-4-13-10(7)9(6)11/h3-5H,2,12H2,1H3. The van der Waals surface area contributed by atoms with Gasteiger partial charge in [-0.1, -0.05) is 18.5 Å². The van der Waals surface area contributed by atoms with Crippen molar-refractivity contribution >= 4 is 38.7 Å². The van der Waals surface area contributed by atoms with Gasteiger partial charge in [0.05, 0.1) is 9.72 Å². The second-order valence-electron chi connectivity index (χ2n) is 2.96. The monoisotopic (exact) mass is 211 g/mol. The van der Waals surface area contributed by atoms with Gasteiger partial charge in [-0.15, -0.1) is 11.3 Å². The molecule has 1 nitrogen and oxygen atoms in total. The zero-order chi connectivity index (χ0) is 9.42. The maximum Gasteiger partial charge on any atom is 0.0617 e. The molecule has 13 heavy (non-hydrogen) atoms. The van der Waals surface area contributed by atoms with Gasteiger partial charge in [0.25, 0.3) is 0 Å². The number of fused-ring (bicyclic) bond motifs is 1. The van der Waals surface area contributed by atoms with Crippen molar-refractivity contribution in [3.8, 4) is 0 Å². The van der Waals surface area contributed by atoms with Crippen LogP contribution in [-0.2, 0) is 6.42 Å². The average Bonchev–Trinajstić information content (AvgIpc) is 2.60. The number of nitrogen functional groups attached to an aromatic ring is 1. The van der Waals surface area contributed by atoms with E-state index in [0.717, 1.165) is 32.8 Å². The first-order valence-electron chi connectivity index (χ1n) is 4.18. The van der Waals surface area contributed by atoms with Gasteiger partial charge in [-0.25, -0.2) is 0 Å². The topological polar surface area (TPSA) is 26.0 Å². The van der Waals surface area contributed by atoms with Crippen LogP contribution in [0.3, 0.4) is 0 Å². The summed E-state index contributed by atoms with van der Waals surface area (Å²) < 4.78 is 1.11. The molecule has 0 fully saturated rings. The van der Waals surface area contributed by atoms with Crippen molar-refractivity contribution in [2.24, 2.45) is 0 Å². The number of halogens is 1. The quantitative estimate of drug-likeness (QED) is 0.716. The Morgan fingerprint density at radius 3 is 3.00 bits per heavy atom. The van der Waals surface area contributed by atoms with E-state index in [-0.39, 0.29) is 0 Å². The van der Waals surface area contributed by atoms with E-state index >= 15 is 0 Å². The van der Waals surface area contributed by atoms with Crippen LogP contribution >= 0.6 is 22.9 Å². The second kappa shape index (κ2) is 3.20. The third-order valence-electron chi connectivity index (χ3n) is 2.17. The number of rotatable bonds is 1. The van der Waals surface area contributed by atoms with Crippen LogP contribution < -0.4 is 5.73 Å². The molecule has 2 rings (SSSR count).